The summed E-state index contributed by atoms with van der Waals surface area (Å²) in [6, 6.07) is 11.1. The van der Waals surface area contributed by atoms with Crippen molar-refractivity contribution in [3.8, 4) is 0 Å². The highest BCUT2D eigenvalue weighted by atomic mass is 35.5. The number of aromatic nitrogens is 2. The van der Waals surface area contributed by atoms with Crippen molar-refractivity contribution in [2.45, 2.75) is 32.4 Å². The van der Waals surface area contributed by atoms with Crippen LogP contribution in [0.3, 0.4) is 0 Å². The van der Waals surface area contributed by atoms with Gasteiger partial charge in [0.1, 0.15) is 27.8 Å². The molecular weight excluding hydrogens is 476 g/mol. The summed E-state index contributed by atoms with van der Waals surface area (Å²) >= 11 is 7.31. The van der Waals surface area contributed by atoms with Gasteiger partial charge in [0.25, 0.3) is 0 Å². The maximum Gasteiger partial charge on any atom is 0.407 e. The predicted octanol–water partition coefficient (Wildman–Crippen LogP) is 4.26. The lowest BCUT2D eigenvalue weighted by Gasteiger charge is -2.19. The Balaban J connectivity index is 1.30. The van der Waals surface area contributed by atoms with Gasteiger partial charge in [0.05, 0.1) is 0 Å². The lowest BCUT2D eigenvalue weighted by atomic mass is 10.2. The number of nitrogens with one attached hydrogen (secondary N) is 2. The molecule has 3 aromatic rings. The fourth-order valence-electron chi connectivity index (χ4n) is 3.32. The van der Waals surface area contributed by atoms with E-state index in [1.807, 2.05) is 74.0 Å². The number of hydrogen-bond donors (Lipinski definition) is 2. The standard InChI is InChI=1S/C23H27ClN6O3S/c1-23(2,3)33-22(32)25-11-12-30-13-17(30)19(31)28-21-26-16-9-10-18(27-20(16)34-21)29(4)15-7-5-14(24)6-8-15/h5-10,17H,11-13H2,1-4H3,(H,25,32)(H,26,28,31). The Hall–Kier alpha value is -2.95. The van der Waals surface area contributed by atoms with Crippen LogP contribution < -0.4 is 15.5 Å². The average Bonchev–Trinajstić information content (AvgIpc) is 3.42. The molecule has 9 nitrogen and oxygen atoms in total. The number of nitrogens with zero attached hydrogens (tertiary/aromatic N) is 4. The van der Waals surface area contributed by atoms with Crippen LogP contribution in [0.5, 0.6) is 0 Å². The van der Waals surface area contributed by atoms with E-state index in [0.29, 0.717) is 29.8 Å². The van der Waals surface area contributed by atoms with Crippen molar-refractivity contribution in [1.82, 2.24) is 20.2 Å². The Kier molecular flexibility index (Phi) is 6.92. The van der Waals surface area contributed by atoms with Crippen LogP contribution in [0, 0.1) is 0 Å². The minimum atomic E-state index is -0.537. The SMILES string of the molecule is CN(c1ccc(Cl)cc1)c1ccc2nc(NC(=O)C3CN3CCNC(=O)OC(C)(C)C)sc2n1. The third-order valence-electron chi connectivity index (χ3n) is 5.11. The molecule has 11 heteroatoms. The normalized spacial score (nSPS) is 17.3. The van der Waals surface area contributed by atoms with Gasteiger partial charge in [-0.15, -0.1) is 0 Å². The third kappa shape index (κ3) is 6.13. The summed E-state index contributed by atoms with van der Waals surface area (Å²) in [5, 5.41) is 6.78. The maximum atomic E-state index is 12.6. The first kappa shape index (κ1) is 24.2. The minimum Gasteiger partial charge on any atom is -0.444 e. The van der Waals surface area contributed by atoms with Gasteiger partial charge in [0.15, 0.2) is 5.13 Å². The predicted molar refractivity (Wildman–Crippen MR) is 135 cm³/mol. The number of carbonyl (C=O) groups excluding carboxylic acids is 2. The van der Waals surface area contributed by atoms with Crippen LogP contribution in [0.15, 0.2) is 36.4 Å². The zero-order valence-corrected chi connectivity index (χ0v) is 21.0. The molecule has 1 aromatic carbocycles. The number of amides is 2. The number of alkyl carbamates (subject to hydrolysis) is 1. The molecule has 1 aliphatic heterocycles. The highest BCUT2D eigenvalue weighted by Gasteiger charge is 2.40. The van der Waals surface area contributed by atoms with Gasteiger partial charge in [-0.25, -0.2) is 14.8 Å². The smallest absolute Gasteiger partial charge is 0.407 e. The summed E-state index contributed by atoms with van der Waals surface area (Å²) in [4.78, 5) is 38.2. The Morgan fingerprint density at radius 3 is 2.65 bits per heavy atom. The number of carbonyl (C=O) groups is 2. The zero-order chi connectivity index (χ0) is 24.5. The molecule has 4 rings (SSSR count). The summed E-state index contributed by atoms with van der Waals surface area (Å²) in [7, 11) is 1.93. The number of ether oxygens (including phenoxy) is 1. The van der Waals surface area contributed by atoms with Crippen molar-refractivity contribution in [3.63, 3.8) is 0 Å². The van der Waals surface area contributed by atoms with Gasteiger partial charge in [-0.05, 0) is 57.2 Å². The Bertz CT molecular complexity index is 1190. The number of rotatable bonds is 7. The van der Waals surface area contributed by atoms with Gasteiger partial charge in [-0.2, -0.15) is 0 Å². The molecule has 0 bridgehead atoms. The van der Waals surface area contributed by atoms with Gasteiger partial charge in [0, 0.05) is 37.4 Å². The first-order valence-corrected chi connectivity index (χ1v) is 12.1. The van der Waals surface area contributed by atoms with Crippen LogP contribution in [0.25, 0.3) is 10.3 Å². The quantitative estimate of drug-likeness (QED) is 0.465. The molecule has 0 aliphatic carbocycles. The summed E-state index contributed by atoms with van der Waals surface area (Å²) in [6.07, 6.45) is -0.460. The second kappa shape index (κ2) is 9.73. The number of fused-ring (bicyclic) bond motifs is 1. The highest BCUT2D eigenvalue weighted by Crippen LogP contribution is 2.30. The van der Waals surface area contributed by atoms with Crippen LogP contribution in [0.1, 0.15) is 20.8 Å². The van der Waals surface area contributed by atoms with Gasteiger partial charge < -0.3 is 20.3 Å². The number of thiazole rings is 1. The van der Waals surface area contributed by atoms with Crippen LogP contribution in [0.4, 0.5) is 21.4 Å². The van der Waals surface area contributed by atoms with E-state index in [1.165, 1.54) is 11.3 Å². The molecule has 34 heavy (non-hydrogen) atoms. The molecular formula is C23H27ClN6O3S. The van der Waals surface area contributed by atoms with Crippen LogP contribution >= 0.6 is 22.9 Å². The van der Waals surface area contributed by atoms with E-state index >= 15 is 0 Å². The van der Waals surface area contributed by atoms with Crippen molar-refractivity contribution >= 4 is 61.9 Å². The molecule has 2 atom stereocenters. The summed E-state index contributed by atoms with van der Waals surface area (Å²) in [6.45, 7) is 7.06. The van der Waals surface area contributed by atoms with Gasteiger partial charge in [-0.1, -0.05) is 22.9 Å². The first-order chi connectivity index (χ1) is 16.1. The van der Waals surface area contributed by atoms with E-state index in [9.17, 15) is 9.59 Å². The zero-order valence-electron chi connectivity index (χ0n) is 19.5. The van der Waals surface area contributed by atoms with E-state index in [1.54, 1.807) is 0 Å². The maximum absolute atomic E-state index is 12.6. The topological polar surface area (TPSA) is 99.5 Å². The molecule has 3 heterocycles. The minimum absolute atomic E-state index is 0.116. The van der Waals surface area contributed by atoms with Crippen molar-refractivity contribution in [2.24, 2.45) is 0 Å². The Morgan fingerprint density at radius 2 is 1.94 bits per heavy atom. The van der Waals surface area contributed by atoms with Crippen molar-refractivity contribution in [3.05, 3.63) is 41.4 Å². The van der Waals surface area contributed by atoms with Crippen molar-refractivity contribution < 1.29 is 14.3 Å². The van der Waals surface area contributed by atoms with E-state index in [4.69, 9.17) is 21.3 Å². The van der Waals surface area contributed by atoms with Crippen molar-refractivity contribution in [2.75, 3.05) is 36.9 Å². The van der Waals surface area contributed by atoms with Gasteiger partial charge in [0.2, 0.25) is 5.91 Å². The molecule has 2 aromatic heterocycles. The monoisotopic (exact) mass is 502 g/mol. The first-order valence-electron chi connectivity index (χ1n) is 10.9. The summed E-state index contributed by atoms with van der Waals surface area (Å²) in [5.74, 6) is 0.650. The number of anilines is 3. The molecule has 180 valence electrons. The Morgan fingerprint density at radius 1 is 1.21 bits per heavy atom. The number of pyridine rings is 1. The molecule has 2 amide bonds. The second-order valence-electron chi connectivity index (χ2n) is 8.98. The van der Waals surface area contributed by atoms with E-state index in [0.717, 1.165) is 21.9 Å². The fourth-order valence-corrected chi connectivity index (χ4v) is 4.28. The molecule has 2 unspecified atom stereocenters. The summed E-state index contributed by atoms with van der Waals surface area (Å²) in [5.41, 5.74) is 1.15. The molecule has 0 radical (unpaired) electrons. The molecule has 1 saturated heterocycles. The molecule has 0 saturated carbocycles. The molecule has 1 aliphatic rings. The lowest BCUT2D eigenvalue weighted by Crippen LogP contribution is -2.35. The summed E-state index contributed by atoms with van der Waals surface area (Å²) < 4.78 is 5.21. The lowest BCUT2D eigenvalue weighted by molar-refractivity contribution is -0.116. The highest BCUT2D eigenvalue weighted by molar-refractivity contribution is 7.22. The van der Waals surface area contributed by atoms with Gasteiger partial charge >= 0.3 is 6.09 Å². The molecule has 0 spiro atoms. The third-order valence-corrected chi connectivity index (χ3v) is 6.25. The molecule has 2 N–H and O–H groups in total. The number of benzene rings is 1. The van der Waals surface area contributed by atoms with E-state index in [-0.39, 0.29) is 11.9 Å². The van der Waals surface area contributed by atoms with E-state index in [2.05, 4.69) is 15.6 Å². The van der Waals surface area contributed by atoms with Gasteiger partial charge in [-0.3, -0.25) is 9.69 Å². The van der Waals surface area contributed by atoms with E-state index < -0.39 is 11.7 Å². The number of hydrogen-bond acceptors (Lipinski definition) is 8. The number of halogens is 1. The molecule has 1 fully saturated rings. The van der Waals surface area contributed by atoms with Crippen LogP contribution in [-0.4, -0.2) is 65.2 Å². The Labute approximate surface area is 207 Å². The largest absolute Gasteiger partial charge is 0.444 e. The fraction of sp³-hybridized carbons (Fsp3) is 0.391. The average molecular weight is 503 g/mol. The van der Waals surface area contributed by atoms with Crippen LogP contribution in [0.2, 0.25) is 5.02 Å². The second-order valence-corrected chi connectivity index (χ2v) is 10.4. The van der Waals surface area contributed by atoms with Crippen LogP contribution in [-0.2, 0) is 9.53 Å². The van der Waals surface area contributed by atoms with Crippen molar-refractivity contribution in [1.29, 1.82) is 0 Å².